The van der Waals surface area contributed by atoms with Crippen molar-refractivity contribution >= 4 is 6.03 Å². The number of hydrogen-bond donors (Lipinski definition) is 1. The van der Waals surface area contributed by atoms with E-state index < -0.39 is 0 Å². The van der Waals surface area contributed by atoms with E-state index in [0.29, 0.717) is 12.0 Å². The van der Waals surface area contributed by atoms with Crippen LogP contribution in [0.15, 0.2) is 0 Å². The molecule has 18 heavy (non-hydrogen) atoms. The molecule has 0 aromatic rings. The van der Waals surface area contributed by atoms with Gasteiger partial charge in [-0.1, -0.05) is 12.8 Å². The lowest BCUT2D eigenvalue weighted by molar-refractivity contribution is 0.0427. The molecule has 0 aromatic heterocycles. The maximum Gasteiger partial charge on any atom is 0.317 e. The summed E-state index contributed by atoms with van der Waals surface area (Å²) in [5.74, 6) is 0.713. The highest BCUT2D eigenvalue weighted by atomic mass is 16.5. The molecular weight excluding hydrogens is 228 g/mol. The van der Waals surface area contributed by atoms with Crippen molar-refractivity contribution in [3.63, 3.8) is 0 Å². The topological polar surface area (TPSA) is 41.6 Å². The lowest BCUT2D eigenvalue weighted by Crippen LogP contribution is -2.52. The van der Waals surface area contributed by atoms with Crippen molar-refractivity contribution in [1.82, 2.24) is 10.2 Å². The first-order chi connectivity index (χ1) is 8.63. The van der Waals surface area contributed by atoms with Crippen molar-refractivity contribution in [3.8, 4) is 0 Å². The minimum Gasteiger partial charge on any atom is -0.379 e. The van der Waals surface area contributed by atoms with Gasteiger partial charge in [-0.15, -0.1) is 0 Å². The number of nitrogens with zero attached hydrogens (tertiary/aromatic N) is 1. The largest absolute Gasteiger partial charge is 0.379 e. The molecule has 0 bridgehead atoms. The van der Waals surface area contributed by atoms with E-state index in [1.165, 1.54) is 25.7 Å². The first-order valence-electron chi connectivity index (χ1n) is 7.19. The number of urea groups is 1. The van der Waals surface area contributed by atoms with Gasteiger partial charge < -0.3 is 15.0 Å². The summed E-state index contributed by atoms with van der Waals surface area (Å²) in [7, 11) is 3.65. The molecule has 2 saturated carbocycles. The summed E-state index contributed by atoms with van der Waals surface area (Å²) in [4.78, 5) is 14.1. The molecule has 2 rings (SSSR count). The highest BCUT2D eigenvalue weighted by Crippen LogP contribution is 2.34. The van der Waals surface area contributed by atoms with Gasteiger partial charge >= 0.3 is 6.03 Å². The Hall–Kier alpha value is -0.770. The minimum atomic E-state index is 0.0587. The number of amides is 2. The summed E-state index contributed by atoms with van der Waals surface area (Å²) in [6.45, 7) is 2.14. The van der Waals surface area contributed by atoms with Crippen LogP contribution in [0.1, 0.15) is 45.4 Å². The summed E-state index contributed by atoms with van der Waals surface area (Å²) in [6.07, 6.45) is 7.21. The normalized spacial score (nSPS) is 29.7. The Morgan fingerprint density at radius 2 is 1.94 bits per heavy atom. The molecule has 2 amide bonds. The fourth-order valence-corrected chi connectivity index (χ4v) is 2.88. The van der Waals surface area contributed by atoms with Crippen LogP contribution >= 0.6 is 0 Å². The van der Waals surface area contributed by atoms with Gasteiger partial charge in [0.25, 0.3) is 0 Å². The van der Waals surface area contributed by atoms with Gasteiger partial charge in [0.15, 0.2) is 0 Å². The molecule has 0 aliphatic heterocycles. The van der Waals surface area contributed by atoms with Crippen LogP contribution in [-0.4, -0.2) is 43.3 Å². The third-order valence-corrected chi connectivity index (χ3v) is 4.55. The zero-order chi connectivity index (χ0) is 13.1. The average molecular weight is 254 g/mol. The minimum absolute atomic E-state index is 0.0587. The van der Waals surface area contributed by atoms with Crippen LogP contribution in [0, 0.1) is 5.92 Å². The molecule has 0 radical (unpaired) electrons. The smallest absolute Gasteiger partial charge is 0.317 e. The summed E-state index contributed by atoms with van der Waals surface area (Å²) in [5, 5.41) is 3.15. The molecule has 2 fully saturated rings. The fraction of sp³-hybridized carbons (Fsp3) is 0.929. The van der Waals surface area contributed by atoms with Gasteiger partial charge in [-0.05, 0) is 38.5 Å². The van der Waals surface area contributed by atoms with Gasteiger partial charge in [-0.25, -0.2) is 4.79 Å². The van der Waals surface area contributed by atoms with E-state index in [1.54, 1.807) is 7.11 Å². The monoisotopic (exact) mass is 254 g/mol. The predicted molar refractivity (Wildman–Crippen MR) is 71.5 cm³/mol. The standard InChI is InChI=1S/C14H26N2O2/c1-10(11-8-9-11)16(2)14(17)15-12-6-4-5-7-13(12)18-3/h10-13H,4-9H2,1-3H3,(H,15,17)/t10-,12+,13+/m0/s1. The van der Waals surface area contributed by atoms with Gasteiger partial charge in [0.05, 0.1) is 12.1 Å². The van der Waals surface area contributed by atoms with Gasteiger partial charge in [0.2, 0.25) is 0 Å². The van der Waals surface area contributed by atoms with Crippen LogP contribution in [0.25, 0.3) is 0 Å². The fourth-order valence-electron chi connectivity index (χ4n) is 2.88. The van der Waals surface area contributed by atoms with Gasteiger partial charge in [0, 0.05) is 20.2 Å². The summed E-state index contributed by atoms with van der Waals surface area (Å²) in [5.41, 5.74) is 0. The van der Waals surface area contributed by atoms with E-state index in [0.717, 1.165) is 12.8 Å². The third kappa shape index (κ3) is 3.16. The number of ether oxygens (including phenoxy) is 1. The zero-order valence-corrected chi connectivity index (χ0v) is 11.8. The third-order valence-electron chi connectivity index (χ3n) is 4.55. The highest BCUT2D eigenvalue weighted by Gasteiger charge is 2.34. The molecular formula is C14H26N2O2. The molecule has 1 N–H and O–H groups in total. The van der Waals surface area contributed by atoms with Crippen LogP contribution in [0.2, 0.25) is 0 Å². The number of rotatable bonds is 4. The second-order valence-electron chi connectivity index (χ2n) is 5.80. The van der Waals surface area contributed by atoms with E-state index in [-0.39, 0.29) is 18.2 Å². The molecule has 0 saturated heterocycles. The van der Waals surface area contributed by atoms with Gasteiger partial charge in [-0.2, -0.15) is 0 Å². The second-order valence-corrected chi connectivity index (χ2v) is 5.80. The van der Waals surface area contributed by atoms with Gasteiger partial charge in [-0.3, -0.25) is 0 Å². The summed E-state index contributed by atoms with van der Waals surface area (Å²) >= 11 is 0. The maximum absolute atomic E-state index is 12.2. The maximum atomic E-state index is 12.2. The Labute approximate surface area is 110 Å². The van der Waals surface area contributed by atoms with Crippen LogP contribution in [0.3, 0.4) is 0 Å². The second kappa shape index (κ2) is 5.91. The average Bonchev–Trinajstić information content (AvgIpc) is 3.22. The molecule has 0 spiro atoms. The Morgan fingerprint density at radius 3 is 2.56 bits per heavy atom. The van der Waals surface area contributed by atoms with E-state index in [9.17, 15) is 4.79 Å². The van der Waals surface area contributed by atoms with Crippen molar-refractivity contribution in [2.24, 2.45) is 5.92 Å². The molecule has 0 unspecified atom stereocenters. The number of carbonyl (C=O) groups excluding carboxylic acids is 1. The van der Waals surface area contributed by atoms with Gasteiger partial charge in [0.1, 0.15) is 0 Å². The lowest BCUT2D eigenvalue weighted by atomic mass is 9.92. The van der Waals surface area contributed by atoms with Crippen LogP contribution < -0.4 is 5.32 Å². The molecule has 2 aliphatic carbocycles. The van der Waals surface area contributed by atoms with Crippen LogP contribution in [0.4, 0.5) is 4.79 Å². The number of carbonyl (C=O) groups is 1. The van der Waals surface area contributed by atoms with Crippen molar-refractivity contribution < 1.29 is 9.53 Å². The summed E-state index contributed by atoms with van der Waals surface area (Å²) < 4.78 is 5.47. The van der Waals surface area contributed by atoms with Crippen LogP contribution in [-0.2, 0) is 4.74 Å². The molecule has 0 heterocycles. The highest BCUT2D eigenvalue weighted by molar-refractivity contribution is 5.74. The Balaban J connectivity index is 1.84. The Bertz CT molecular complexity index is 292. The Morgan fingerprint density at radius 1 is 1.28 bits per heavy atom. The predicted octanol–water partition coefficient (Wildman–Crippen LogP) is 2.38. The summed E-state index contributed by atoms with van der Waals surface area (Å²) in [6, 6.07) is 0.600. The number of nitrogens with one attached hydrogen (secondary N) is 1. The lowest BCUT2D eigenvalue weighted by Gasteiger charge is -2.34. The van der Waals surface area contributed by atoms with Crippen molar-refractivity contribution in [1.29, 1.82) is 0 Å². The SMILES string of the molecule is CO[C@@H]1CCCC[C@H]1NC(=O)N(C)[C@@H](C)C1CC1. The molecule has 0 aromatic carbocycles. The van der Waals surface area contributed by atoms with E-state index in [2.05, 4.69) is 12.2 Å². The molecule has 3 atom stereocenters. The number of hydrogen-bond acceptors (Lipinski definition) is 2. The molecule has 4 nitrogen and oxygen atoms in total. The zero-order valence-electron chi connectivity index (χ0n) is 11.8. The van der Waals surface area contributed by atoms with E-state index >= 15 is 0 Å². The van der Waals surface area contributed by atoms with E-state index in [4.69, 9.17) is 4.74 Å². The number of methoxy groups -OCH3 is 1. The van der Waals surface area contributed by atoms with Crippen molar-refractivity contribution in [2.45, 2.75) is 63.6 Å². The Kier molecular flexibility index (Phi) is 4.49. The van der Waals surface area contributed by atoms with E-state index in [1.807, 2.05) is 11.9 Å². The van der Waals surface area contributed by atoms with Crippen molar-refractivity contribution in [3.05, 3.63) is 0 Å². The molecule has 2 aliphatic rings. The van der Waals surface area contributed by atoms with Crippen LogP contribution in [0.5, 0.6) is 0 Å². The first kappa shape index (κ1) is 13.7. The molecule has 104 valence electrons. The molecule has 4 heteroatoms. The first-order valence-corrected chi connectivity index (χ1v) is 7.19. The quantitative estimate of drug-likeness (QED) is 0.837. The van der Waals surface area contributed by atoms with Crippen molar-refractivity contribution in [2.75, 3.05) is 14.2 Å².